The SMILES string of the molecule is CC(C)S(=O)(=O)c1ccc(Cl)c(C(=O)N2CCCC2(C)CO)c1. The third kappa shape index (κ3) is 3.25. The number of nitrogens with zero attached hydrogens (tertiary/aromatic N) is 1. The van der Waals surface area contributed by atoms with Gasteiger partial charge in [0.05, 0.1) is 32.9 Å². The molecule has 23 heavy (non-hydrogen) atoms. The van der Waals surface area contributed by atoms with E-state index in [9.17, 15) is 18.3 Å². The van der Waals surface area contributed by atoms with Crippen molar-refractivity contribution in [2.24, 2.45) is 0 Å². The van der Waals surface area contributed by atoms with Gasteiger partial charge >= 0.3 is 0 Å². The van der Waals surface area contributed by atoms with Crippen molar-refractivity contribution in [3.05, 3.63) is 28.8 Å². The van der Waals surface area contributed by atoms with Gasteiger partial charge in [-0.2, -0.15) is 0 Å². The first-order chi connectivity index (χ1) is 10.6. The summed E-state index contributed by atoms with van der Waals surface area (Å²) in [6, 6.07) is 4.20. The number of aliphatic hydroxyl groups is 1. The molecule has 128 valence electrons. The van der Waals surface area contributed by atoms with Gasteiger partial charge in [0, 0.05) is 6.54 Å². The standard InChI is InChI=1S/C16H22ClNO4S/c1-11(2)23(21,22)12-5-6-14(17)13(9-12)15(20)18-8-4-7-16(18,3)10-19/h5-6,9,11,19H,4,7-8,10H2,1-3H3. The molecule has 0 aliphatic carbocycles. The molecule has 1 aliphatic rings. The van der Waals surface area contributed by atoms with Gasteiger partial charge in [0.25, 0.3) is 5.91 Å². The molecule has 1 N–H and O–H groups in total. The van der Waals surface area contributed by atoms with E-state index in [2.05, 4.69) is 0 Å². The molecule has 0 aromatic heterocycles. The van der Waals surface area contributed by atoms with Gasteiger partial charge in [0.1, 0.15) is 0 Å². The van der Waals surface area contributed by atoms with E-state index in [0.29, 0.717) is 13.0 Å². The van der Waals surface area contributed by atoms with Gasteiger partial charge in [-0.1, -0.05) is 11.6 Å². The van der Waals surface area contributed by atoms with Crippen LogP contribution in [0.3, 0.4) is 0 Å². The van der Waals surface area contributed by atoms with Gasteiger partial charge in [-0.15, -0.1) is 0 Å². The number of sulfone groups is 1. The molecule has 1 unspecified atom stereocenters. The van der Waals surface area contributed by atoms with E-state index in [0.717, 1.165) is 6.42 Å². The number of amides is 1. The fraction of sp³-hybridized carbons (Fsp3) is 0.562. The second kappa shape index (κ2) is 6.42. The van der Waals surface area contributed by atoms with Crippen LogP contribution in [0.4, 0.5) is 0 Å². The van der Waals surface area contributed by atoms with E-state index in [-0.39, 0.29) is 28.0 Å². The van der Waals surface area contributed by atoms with E-state index in [4.69, 9.17) is 11.6 Å². The van der Waals surface area contributed by atoms with Crippen molar-refractivity contribution >= 4 is 27.3 Å². The first-order valence-electron chi connectivity index (χ1n) is 7.60. The largest absolute Gasteiger partial charge is 0.394 e. The number of benzene rings is 1. The van der Waals surface area contributed by atoms with Gasteiger partial charge in [-0.3, -0.25) is 4.79 Å². The predicted octanol–water partition coefficient (Wildman–Crippen LogP) is 2.51. The van der Waals surface area contributed by atoms with Crippen LogP contribution in [0.5, 0.6) is 0 Å². The molecule has 7 heteroatoms. The van der Waals surface area contributed by atoms with Gasteiger partial charge in [-0.25, -0.2) is 8.42 Å². The summed E-state index contributed by atoms with van der Waals surface area (Å²) in [7, 11) is -3.49. The topological polar surface area (TPSA) is 74.7 Å². The minimum absolute atomic E-state index is 0.0881. The van der Waals surface area contributed by atoms with Crippen molar-refractivity contribution < 1.29 is 18.3 Å². The lowest BCUT2D eigenvalue weighted by molar-refractivity contribution is 0.0473. The Labute approximate surface area is 142 Å². The molecule has 0 bridgehead atoms. The summed E-state index contributed by atoms with van der Waals surface area (Å²) in [5.74, 6) is -0.343. The van der Waals surface area contributed by atoms with Crippen molar-refractivity contribution in [2.75, 3.05) is 13.2 Å². The van der Waals surface area contributed by atoms with Gasteiger partial charge in [0.2, 0.25) is 0 Å². The first kappa shape index (κ1) is 18.2. The van der Waals surface area contributed by atoms with E-state index in [1.807, 2.05) is 6.92 Å². The maximum absolute atomic E-state index is 12.8. The molecule has 1 aromatic rings. The van der Waals surface area contributed by atoms with Crippen LogP contribution >= 0.6 is 11.6 Å². The van der Waals surface area contributed by atoms with E-state index in [1.165, 1.54) is 18.2 Å². The lowest BCUT2D eigenvalue weighted by Gasteiger charge is -2.33. The fourth-order valence-electron chi connectivity index (χ4n) is 2.80. The number of hydrogen-bond acceptors (Lipinski definition) is 4. The lowest BCUT2D eigenvalue weighted by atomic mass is 9.99. The van der Waals surface area contributed by atoms with Crippen molar-refractivity contribution in [3.63, 3.8) is 0 Å². The monoisotopic (exact) mass is 359 g/mol. The summed E-state index contributed by atoms with van der Waals surface area (Å²) in [5, 5.41) is 9.23. The van der Waals surface area contributed by atoms with Crippen molar-refractivity contribution in [3.8, 4) is 0 Å². The minimum atomic E-state index is -3.49. The molecule has 1 saturated heterocycles. The van der Waals surface area contributed by atoms with E-state index in [1.54, 1.807) is 18.7 Å². The molecule has 2 rings (SSSR count). The second-order valence-electron chi connectivity index (χ2n) is 6.45. The van der Waals surface area contributed by atoms with E-state index < -0.39 is 20.6 Å². The van der Waals surface area contributed by atoms with Crippen molar-refractivity contribution in [1.82, 2.24) is 4.90 Å². The molecule has 1 fully saturated rings. The summed E-state index contributed by atoms with van der Waals surface area (Å²) >= 11 is 6.13. The van der Waals surface area contributed by atoms with Crippen molar-refractivity contribution in [2.45, 2.75) is 49.3 Å². The van der Waals surface area contributed by atoms with Crippen LogP contribution in [0.15, 0.2) is 23.1 Å². The molecule has 0 radical (unpaired) electrons. The second-order valence-corrected chi connectivity index (χ2v) is 9.36. The highest BCUT2D eigenvalue weighted by atomic mass is 35.5. The van der Waals surface area contributed by atoms with Gasteiger partial charge in [0.15, 0.2) is 9.84 Å². The Hall–Kier alpha value is -1.11. The maximum atomic E-state index is 12.8. The number of rotatable bonds is 4. The highest BCUT2D eigenvalue weighted by Gasteiger charge is 2.40. The zero-order chi connectivity index (χ0) is 17.4. The summed E-state index contributed by atoms with van der Waals surface area (Å²) < 4.78 is 24.6. The summed E-state index contributed by atoms with van der Waals surface area (Å²) in [4.78, 5) is 14.5. The van der Waals surface area contributed by atoms with Crippen LogP contribution in [0.1, 0.15) is 44.0 Å². The van der Waals surface area contributed by atoms with Gasteiger partial charge in [-0.05, 0) is 51.8 Å². The van der Waals surface area contributed by atoms with Crippen LogP contribution < -0.4 is 0 Å². The summed E-state index contributed by atoms with van der Waals surface area (Å²) in [6.45, 7) is 5.39. The average molecular weight is 360 g/mol. The Morgan fingerprint density at radius 1 is 1.43 bits per heavy atom. The minimum Gasteiger partial charge on any atom is -0.394 e. The molecule has 5 nitrogen and oxygen atoms in total. The Balaban J connectivity index is 2.46. The summed E-state index contributed by atoms with van der Waals surface area (Å²) in [6.07, 6.45) is 1.50. The molecule has 0 saturated carbocycles. The van der Waals surface area contributed by atoms with Crippen LogP contribution in [0, 0.1) is 0 Å². The molecule has 1 amide bonds. The molecule has 1 atom stereocenters. The summed E-state index contributed by atoms with van der Waals surface area (Å²) in [5.41, 5.74) is -0.470. The van der Waals surface area contributed by atoms with Crippen LogP contribution in [0.2, 0.25) is 5.02 Å². The highest BCUT2D eigenvalue weighted by molar-refractivity contribution is 7.92. The number of hydrogen-bond donors (Lipinski definition) is 1. The third-order valence-corrected chi connectivity index (χ3v) is 6.93. The Bertz CT molecular complexity index is 717. The third-order valence-electron chi connectivity index (χ3n) is 4.45. The van der Waals surface area contributed by atoms with Crippen LogP contribution in [-0.2, 0) is 9.84 Å². The van der Waals surface area contributed by atoms with Crippen LogP contribution in [0.25, 0.3) is 0 Å². The van der Waals surface area contributed by atoms with Crippen LogP contribution in [-0.4, -0.2) is 48.3 Å². The zero-order valence-electron chi connectivity index (χ0n) is 13.5. The number of carbonyl (C=O) groups excluding carboxylic acids is 1. The Kier molecular flexibility index (Phi) is 5.09. The maximum Gasteiger partial charge on any atom is 0.255 e. The number of carbonyl (C=O) groups is 1. The fourth-order valence-corrected chi connectivity index (χ4v) is 4.08. The number of likely N-dealkylation sites (tertiary alicyclic amines) is 1. The molecular weight excluding hydrogens is 338 g/mol. The smallest absolute Gasteiger partial charge is 0.255 e. The molecule has 1 aliphatic heterocycles. The lowest BCUT2D eigenvalue weighted by Crippen LogP contribution is -2.47. The quantitative estimate of drug-likeness (QED) is 0.896. The van der Waals surface area contributed by atoms with E-state index >= 15 is 0 Å². The average Bonchev–Trinajstić information content (AvgIpc) is 2.89. The highest BCUT2D eigenvalue weighted by Crippen LogP contribution is 2.32. The van der Waals surface area contributed by atoms with Crippen molar-refractivity contribution in [1.29, 1.82) is 0 Å². The Morgan fingerprint density at radius 2 is 2.09 bits per heavy atom. The Morgan fingerprint density at radius 3 is 2.65 bits per heavy atom. The number of aliphatic hydroxyl groups excluding tert-OH is 1. The normalized spacial score (nSPS) is 21.9. The predicted molar refractivity (Wildman–Crippen MR) is 89.5 cm³/mol. The number of halogens is 1. The zero-order valence-corrected chi connectivity index (χ0v) is 15.1. The first-order valence-corrected chi connectivity index (χ1v) is 9.52. The molecule has 1 aromatic carbocycles. The molecular formula is C16H22ClNO4S. The molecule has 1 heterocycles. The van der Waals surface area contributed by atoms with Gasteiger partial charge < -0.3 is 10.0 Å². The molecule has 0 spiro atoms.